The molecular formula is C17H16ClN5. The van der Waals surface area contributed by atoms with Crippen LogP contribution in [0.25, 0.3) is 0 Å². The minimum Gasteiger partial charge on any atom is -0.366 e. The molecular weight excluding hydrogens is 310 g/mol. The molecule has 5 nitrogen and oxygen atoms in total. The fourth-order valence-corrected chi connectivity index (χ4v) is 3.38. The molecule has 0 aliphatic carbocycles. The summed E-state index contributed by atoms with van der Waals surface area (Å²) in [5.74, 6) is 0.945. The molecule has 2 heterocycles. The number of nitrogens with two attached hydrogens (primary N) is 1. The molecule has 0 amide bonds. The molecule has 6 heteroatoms. The summed E-state index contributed by atoms with van der Waals surface area (Å²) in [6.45, 7) is 0. The summed E-state index contributed by atoms with van der Waals surface area (Å²) in [7, 11) is 0. The highest BCUT2D eigenvalue weighted by Crippen LogP contribution is 2.39. The average Bonchev–Trinajstić information content (AvgIpc) is 2.95. The Morgan fingerprint density at radius 3 is 2.61 bits per heavy atom. The number of hydrogen-bond donors (Lipinski definition) is 2. The van der Waals surface area contributed by atoms with E-state index in [4.69, 9.17) is 17.3 Å². The molecule has 1 aromatic heterocycles. The van der Waals surface area contributed by atoms with Gasteiger partial charge in [0, 0.05) is 5.02 Å². The van der Waals surface area contributed by atoms with Gasteiger partial charge in [-0.3, -0.25) is 0 Å². The van der Waals surface area contributed by atoms with E-state index in [0.29, 0.717) is 5.95 Å². The molecule has 0 unspecified atom stereocenters. The van der Waals surface area contributed by atoms with Crippen LogP contribution in [0.4, 0.5) is 11.9 Å². The highest BCUT2D eigenvalue weighted by atomic mass is 35.5. The van der Waals surface area contributed by atoms with Gasteiger partial charge in [-0.25, -0.2) is 4.68 Å². The SMILES string of the molecule is Nc1nc2n(n1)[C@H](c1ccccc1)C[C@@H](c1ccccc1Cl)N2. The second-order valence-electron chi connectivity index (χ2n) is 5.62. The van der Waals surface area contributed by atoms with E-state index in [1.807, 2.05) is 47.1 Å². The number of nitrogens with one attached hydrogen (secondary N) is 1. The predicted octanol–water partition coefficient (Wildman–Crippen LogP) is 3.66. The molecule has 3 N–H and O–H groups in total. The quantitative estimate of drug-likeness (QED) is 0.754. The maximum absolute atomic E-state index is 6.38. The lowest BCUT2D eigenvalue weighted by Gasteiger charge is -2.32. The molecule has 1 aliphatic heterocycles. The van der Waals surface area contributed by atoms with Gasteiger partial charge in [-0.2, -0.15) is 4.98 Å². The topological polar surface area (TPSA) is 68.8 Å². The van der Waals surface area contributed by atoms with Gasteiger partial charge < -0.3 is 11.1 Å². The lowest BCUT2D eigenvalue weighted by molar-refractivity contribution is 0.431. The Morgan fingerprint density at radius 1 is 1.09 bits per heavy atom. The molecule has 116 valence electrons. The molecule has 0 radical (unpaired) electrons. The summed E-state index contributed by atoms with van der Waals surface area (Å²) in [6, 6.07) is 18.3. The van der Waals surface area contributed by atoms with Crippen LogP contribution in [-0.4, -0.2) is 14.8 Å². The molecule has 0 spiro atoms. The molecule has 0 saturated carbocycles. The highest BCUT2D eigenvalue weighted by Gasteiger charge is 2.31. The summed E-state index contributed by atoms with van der Waals surface area (Å²) in [4.78, 5) is 4.31. The van der Waals surface area contributed by atoms with E-state index in [1.54, 1.807) is 0 Å². The molecule has 2 atom stereocenters. The van der Waals surface area contributed by atoms with Gasteiger partial charge in [-0.15, -0.1) is 5.10 Å². The normalized spacial score (nSPS) is 19.9. The number of fused-ring (bicyclic) bond motifs is 1. The van der Waals surface area contributed by atoms with Crippen molar-refractivity contribution >= 4 is 23.5 Å². The predicted molar refractivity (Wildman–Crippen MR) is 91.4 cm³/mol. The van der Waals surface area contributed by atoms with Crippen molar-refractivity contribution in [2.75, 3.05) is 11.1 Å². The molecule has 2 aromatic carbocycles. The second kappa shape index (κ2) is 5.59. The number of rotatable bonds is 2. The number of halogens is 1. The van der Waals surface area contributed by atoms with Crippen LogP contribution in [0, 0.1) is 0 Å². The van der Waals surface area contributed by atoms with Crippen molar-refractivity contribution in [1.82, 2.24) is 14.8 Å². The Kier molecular flexibility index (Phi) is 3.42. The van der Waals surface area contributed by atoms with Crippen LogP contribution in [0.2, 0.25) is 5.02 Å². The minimum atomic E-state index is 0.0602. The smallest absolute Gasteiger partial charge is 0.241 e. The van der Waals surface area contributed by atoms with Crippen LogP contribution in [-0.2, 0) is 0 Å². The number of anilines is 2. The number of nitrogens with zero attached hydrogens (tertiary/aromatic N) is 3. The fourth-order valence-electron chi connectivity index (χ4n) is 3.11. The fraction of sp³-hybridized carbons (Fsp3) is 0.176. The van der Waals surface area contributed by atoms with Crippen LogP contribution in [0.5, 0.6) is 0 Å². The number of nitrogen functional groups attached to an aromatic ring is 1. The minimum absolute atomic E-state index is 0.0602. The zero-order chi connectivity index (χ0) is 15.8. The van der Waals surface area contributed by atoms with E-state index in [-0.39, 0.29) is 18.0 Å². The van der Waals surface area contributed by atoms with Crippen LogP contribution in [0.1, 0.15) is 29.6 Å². The van der Waals surface area contributed by atoms with Gasteiger partial charge in [0.25, 0.3) is 0 Å². The third-order valence-electron chi connectivity index (χ3n) is 4.17. The van der Waals surface area contributed by atoms with Crippen LogP contribution in [0.15, 0.2) is 54.6 Å². The standard InChI is InChI=1S/C17H16ClN5/c18-13-9-5-4-8-12(13)14-10-15(11-6-2-1-3-7-11)23-17(20-14)21-16(19)22-23/h1-9,14-15H,10H2,(H3,19,20,21,22)/t14-,15-/m0/s1. The van der Waals surface area contributed by atoms with E-state index in [1.165, 1.54) is 5.56 Å². The Labute approximate surface area is 139 Å². The van der Waals surface area contributed by atoms with Crippen molar-refractivity contribution < 1.29 is 0 Å². The van der Waals surface area contributed by atoms with Gasteiger partial charge in [-0.1, -0.05) is 60.1 Å². The molecule has 0 fully saturated rings. The molecule has 3 aromatic rings. The first-order valence-corrected chi connectivity index (χ1v) is 7.88. The average molecular weight is 326 g/mol. The van der Waals surface area contributed by atoms with Gasteiger partial charge in [0.2, 0.25) is 11.9 Å². The Morgan fingerprint density at radius 2 is 1.83 bits per heavy atom. The lowest BCUT2D eigenvalue weighted by Crippen LogP contribution is -2.28. The zero-order valence-electron chi connectivity index (χ0n) is 12.4. The van der Waals surface area contributed by atoms with Crippen molar-refractivity contribution in [3.05, 3.63) is 70.7 Å². The van der Waals surface area contributed by atoms with Gasteiger partial charge in [0.1, 0.15) is 0 Å². The monoisotopic (exact) mass is 325 g/mol. The van der Waals surface area contributed by atoms with E-state index in [9.17, 15) is 0 Å². The third kappa shape index (κ3) is 2.53. The van der Waals surface area contributed by atoms with Gasteiger partial charge in [0.05, 0.1) is 12.1 Å². The van der Waals surface area contributed by atoms with Crippen molar-refractivity contribution in [2.45, 2.75) is 18.5 Å². The first kappa shape index (κ1) is 14.1. The molecule has 1 aliphatic rings. The van der Waals surface area contributed by atoms with Crippen LogP contribution < -0.4 is 11.1 Å². The Balaban J connectivity index is 1.79. The van der Waals surface area contributed by atoms with Crippen LogP contribution in [0.3, 0.4) is 0 Å². The second-order valence-corrected chi connectivity index (χ2v) is 6.03. The van der Waals surface area contributed by atoms with E-state index < -0.39 is 0 Å². The number of aromatic nitrogens is 3. The highest BCUT2D eigenvalue weighted by molar-refractivity contribution is 6.31. The first-order chi connectivity index (χ1) is 11.2. The maximum Gasteiger partial charge on any atom is 0.241 e. The third-order valence-corrected chi connectivity index (χ3v) is 4.51. The van der Waals surface area contributed by atoms with E-state index in [0.717, 1.165) is 17.0 Å². The lowest BCUT2D eigenvalue weighted by atomic mass is 9.93. The summed E-state index contributed by atoms with van der Waals surface area (Å²) >= 11 is 6.38. The largest absolute Gasteiger partial charge is 0.366 e. The molecule has 0 saturated heterocycles. The maximum atomic E-state index is 6.38. The first-order valence-electron chi connectivity index (χ1n) is 7.50. The van der Waals surface area contributed by atoms with Gasteiger partial charge >= 0.3 is 0 Å². The van der Waals surface area contributed by atoms with Crippen molar-refractivity contribution in [3.63, 3.8) is 0 Å². The van der Waals surface area contributed by atoms with Crippen LogP contribution >= 0.6 is 11.6 Å². The molecule has 4 rings (SSSR count). The van der Waals surface area contributed by atoms with E-state index in [2.05, 4.69) is 27.5 Å². The summed E-state index contributed by atoms with van der Waals surface area (Å²) in [5.41, 5.74) is 8.04. The molecule has 23 heavy (non-hydrogen) atoms. The Bertz CT molecular complexity index is 830. The van der Waals surface area contributed by atoms with Gasteiger partial charge in [-0.05, 0) is 23.6 Å². The zero-order valence-corrected chi connectivity index (χ0v) is 13.1. The van der Waals surface area contributed by atoms with Gasteiger partial charge in [0.15, 0.2) is 0 Å². The summed E-state index contributed by atoms with van der Waals surface area (Å²) < 4.78 is 1.86. The van der Waals surface area contributed by atoms with Crippen molar-refractivity contribution in [3.8, 4) is 0 Å². The summed E-state index contributed by atoms with van der Waals surface area (Å²) in [6.07, 6.45) is 0.823. The number of benzene rings is 2. The number of hydrogen-bond acceptors (Lipinski definition) is 4. The Hall–Kier alpha value is -2.53. The van der Waals surface area contributed by atoms with Crippen molar-refractivity contribution in [2.24, 2.45) is 0 Å². The van der Waals surface area contributed by atoms with Crippen molar-refractivity contribution in [1.29, 1.82) is 0 Å². The molecule has 0 bridgehead atoms. The summed E-state index contributed by atoms with van der Waals surface area (Å²) in [5, 5.41) is 8.49. The van der Waals surface area contributed by atoms with E-state index >= 15 is 0 Å².